The van der Waals surface area contributed by atoms with Gasteiger partial charge in [-0.2, -0.15) is 0 Å². The predicted molar refractivity (Wildman–Crippen MR) is 78.9 cm³/mol. The molecule has 1 aromatic heterocycles. The summed E-state index contributed by atoms with van der Waals surface area (Å²) < 4.78 is 7.61. The highest BCUT2D eigenvalue weighted by molar-refractivity contribution is 5.35. The normalized spacial score (nSPS) is 23.9. The number of ether oxygens (including phenoxy) is 1. The molecule has 0 aliphatic carbocycles. The maximum Gasteiger partial charge on any atom is 0.0991 e. The van der Waals surface area contributed by atoms with Crippen molar-refractivity contribution in [3.8, 4) is 5.69 Å². The van der Waals surface area contributed by atoms with Crippen molar-refractivity contribution < 1.29 is 4.74 Å². The highest BCUT2D eigenvalue weighted by Crippen LogP contribution is 2.20. The fourth-order valence-corrected chi connectivity index (χ4v) is 2.71. The Morgan fingerprint density at radius 3 is 2.75 bits per heavy atom. The van der Waals surface area contributed by atoms with Crippen molar-refractivity contribution in [2.24, 2.45) is 0 Å². The monoisotopic (exact) mass is 271 g/mol. The van der Waals surface area contributed by atoms with Crippen LogP contribution in [-0.4, -0.2) is 28.3 Å². The van der Waals surface area contributed by atoms with E-state index in [2.05, 4.69) is 48.4 Å². The van der Waals surface area contributed by atoms with Crippen LogP contribution in [0.1, 0.15) is 31.9 Å². The van der Waals surface area contributed by atoms with Gasteiger partial charge in [0.1, 0.15) is 0 Å². The average Bonchev–Trinajstić information content (AvgIpc) is 3.12. The van der Waals surface area contributed by atoms with E-state index in [9.17, 15) is 0 Å². The Hall–Kier alpha value is -1.65. The first-order chi connectivity index (χ1) is 9.74. The first-order valence-electron chi connectivity index (χ1n) is 7.20. The van der Waals surface area contributed by atoms with E-state index in [0.29, 0.717) is 18.2 Å². The van der Waals surface area contributed by atoms with Gasteiger partial charge in [-0.15, -0.1) is 0 Å². The molecule has 1 fully saturated rings. The Bertz CT molecular complexity index is 535. The standard InChI is InChI=1S/C16H21N3O/c1-12(18-16-7-10-20-13(16)2)14-3-5-15(6-4-14)19-9-8-17-11-19/h3-6,8-9,11-13,16,18H,7,10H2,1-2H3. The lowest BCUT2D eigenvalue weighted by atomic mass is 10.0. The molecule has 1 aromatic carbocycles. The van der Waals surface area contributed by atoms with Crippen molar-refractivity contribution in [2.45, 2.75) is 38.5 Å². The van der Waals surface area contributed by atoms with Crippen LogP contribution in [0.3, 0.4) is 0 Å². The Balaban J connectivity index is 1.67. The molecule has 0 amide bonds. The van der Waals surface area contributed by atoms with Gasteiger partial charge in [0.2, 0.25) is 0 Å². The zero-order chi connectivity index (χ0) is 13.9. The smallest absolute Gasteiger partial charge is 0.0991 e. The molecular formula is C16H21N3O. The highest BCUT2D eigenvalue weighted by atomic mass is 16.5. The Morgan fingerprint density at radius 2 is 2.15 bits per heavy atom. The van der Waals surface area contributed by atoms with Crippen LogP contribution in [-0.2, 0) is 4.74 Å². The van der Waals surface area contributed by atoms with Crippen molar-refractivity contribution in [3.63, 3.8) is 0 Å². The summed E-state index contributed by atoms with van der Waals surface area (Å²) in [4.78, 5) is 4.07. The Morgan fingerprint density at radius 1 is 1.35 bits per heavy atom. The van der Waals surface area contributed by atoms with E-state index in [1.54, 1.807) is 6.20 Å². The first-order valence-corrected chi connectivity index (χ1v) is 7.20. The van der Waals surface area contributed by atoms with E-state index >= 15 is 0 Å². The topological polar surface area (TPSA) is 39.1 Å². The van der Waals surface area contributed by atoms with Crippen molar-refractivity contribution >= 4 is 0 Å². The summed E-state index contributed by atoms with van der Waals surface area (Å²) in [6.07, 6.45) is 6.96. The summed E-state index contributed by atoms with van der Waals surface area (Å²) >= 11 is 0. The van der Waals surface area contributed by atoms with E-state index < -0.39 is 0 Å². The molecule has 0 saturated carbocycles. The quantitative estimate of drug-likeness (QED) is 0.929. The van der Waals surface area contributed by atoms with E-state index in [0.717, 1.165) is 18.7 Å². The second-order valence-electron chi connectivity index (χ2n) is 5.42. The molecule has 0 spiro atoms. The van der Waals surface area contributed by atoms with Gasteiger partial charge in [-0.1, -0.05) is 12.1 Å². The van der Waals surface area contributed by atoms with Crippen LogP contribution in [0.25, 0.3) is 5.69 Å². The van der Waals surface area contributed by atoms with Crippen molar-refractivity contribution in [3.05, 3.63) is 48.5 Å². The minimum Gasteiger partial charge on any atom is -0.377 e. The second-order valence-corrected chi connectivity index (χ2v) is 5.42. The number of nitrogens with zero attached hydrogens (tertiary/aromatic N) is 2. The first kappa shape index (κ1) is 13.3. The fraction of sp³-hybridized carbons (Fsp3) is 0.438. The Labute approximate surface area is 119 Å². The molecule has 1 saturated heterocycles. The molecule has 1 aliphatic rings. The molecule has 3 rings (SSSR count). The third-order valence-corrected chi connectivity index (χ3v) is 4.04. The van der Waals surface area contributed by atoms with Gasteiger partial charge in [-0.25, -0.2) is 4.98 Å². The SMILES string of the molecule is CC(NC1CCOC1C)c1ccc(-n2ccnc2)cc1. The third-order valence-electron chi connectivity index (χ3n) is 4.04. The van der Waals surface area contributed by atoms with Crippen LogP contribution in [0.5, 0.6) is 0 Å². The number of hydrogen-bond acceptors (Lipinski definition) is 3. The molecule has 1 N–H and O–H groups in total. The van der Waals surface area contributed by atoms with E-state index in [1.807, 2.05) is 17.1 Å². The van der Waals surface area contributed by atoms with Gasteiger partial charge in [0.25, 0.3) is 0 Å². The second kappa shape index (κ2) is 5.77. The van der Waals surface area contributed by atoms with E-state index in [-0.39, 0.29) is 0 Å². The lowest BCUT2D eigenvalue weighted by molar-refractivity contribution is 0.111. The number of imidazole rings is 1. The maximum absolute atomic E-state index is 5.60. The summed E-state index contributed by atoms with van der Waals surface area (Å²) in [5, 5.41) is 3.65. The van der Waals surface area contributed by atoms with Crippen molar-refractivity contribution in [2.75, 3.05) is 6.61 Å². The third kappa shape index (κ3) is 2.76. The van der Waals surface area contributed by atoms with Crippen molar-refractivity contribution in [1.82, 2.24) is 14.9 Å². The minimum atomic E-state index is 0.308. The lowest BCUT2D eigenvalue weighted by Crippen LogP contribution is -2.36. The van der Waals surface area contributed by atoms with Crippen LogP contribution in [0, 0.1) is 0 Å². The predicted octanol–water partition coefficient (Wildman–Crippen LogP) is 2.70. The average molecular weight is 271 g/mol. The fourth-order valence-electron chi connectivity index (χ4n) is 2.71. The molecule has 0 radical (unpaired) electrons. The lowest BCUT2D eigenvalue weighted by Gasteiger charge is -2.22. The zero-order valence-electron chi connectivity index (χ0n) is 12.0. The molecular weight excluding hydrogens is 250 g/mol. The number of nitrogens with one attached hydrogen (secondary N) is 1. The van der Waals surface area contributed by atoms with Gasteiger partial charge in [-0.3, -0.25) is 0 Å². The number of rotatable bonds is 4. The van der Waals surface area contributed by atoms with Crippen LogP contribution < -0.4 is 5.32 Å². The molecule has 2 heterocycles. The van der Waals surface area contributed by atoms with Gasteiger partial charge in [0, 0.05) is 36.8 Å². The number of aromatic nitrogens is 2. The summed E-state index contributed by atoms with van der Waals surface area (Å²) in [5.74, 6) is 0. The summed E-state index contributed by atoms with van der Waals surface area (Å²) in [6.45, 7) is 5.21. The van der Waals surface area contributed by atoms with E-state index in [1.165, 1.54) is 5.56 Å². The summed E-state index contributed by atoms with van der Waals surface area (Å²) in [6, 6.07) is 9.40. The molecule has 2 aromatic rings. The van der Waals surface area contributed by atoms with Crippen LogP contribution in [0.2, 0.25) is 0 Å². The molecule has 3 unspecified atom stereocenters. The summed E-state index contributed by atoms with van der Waals surface area (Å²) in [7, 11) is 0. The van der Waals surface area contributed by atoms with Crippen LogP contribution in [0.15, 0.2) is 43.0 Å². The zero-order valence-corrected chi connectivity index (χ0v) is 12.0. The molecule has 106 valence electrons. The molecule has 4 nitrogen and oxygen atoms in total. The van der Waals surface area contributed by atoms with E-state index in [4.69, 9.17) is 4.74 Å². The Kier molecular flexibility index (Phi) is 3.85. The molecule has 4 heteroatoms. The van der Waals surface area contributed by atoms with Gasteiger partial charge in [-0.05, 0) is 38.0 Å². The van der Waals surface area contributed by atoms with Crippen molar-refractivity contribution in [1.29, 1.82) is 0 Å². The molecule has 0 bridgehead atoms. The largest absolute Gasteiger partial charge is 0.377 e. The summed E-state index contributed by atoms with van der Waals surface area (Å²) in [5.41, 5.74) is 2.43. The van der Waals surface area contributed by atoms with Crippen LogP contribution in [0.4, 0.5) is 0 Å². The number of hydrogen-bond donors (Lipinski definition) is 1. The minimum absolute atomic E-state index is 0.308. The highest BCUT2D eigenvalue weighted by Gasteiger charge is 2.25. The number of benzene rings is 1. The van der Waals surface area contributed by atoms with Gasteiger partial charge >= 0.3 is 0 Å². The van der Waals surface area contributed by atoms with Crippen LogP contribution >= 0.6 is 0 Å². The van der Waals surface area contributed by atoms with Gasteiger partial charge in [0.15, 0.2) is 0 Å². The van der Waals surface area contributed by atoms with Gasteiger partial charge in [0.05, 0.1) is 12.4 Å². The molecule has 1 aliphatic heterocycles. The maximum atomic E-state index is 5.60. The van der Waals surface area contributed by atoms with Gasteiger partial charge < -0.3 is 14.6 Å². The molecule has 3 atom stereocenters. The molecule has 20 heavy (non-hydrogen) atoms.